The van der Waals surface area contributed by atoms with Crippen LogP contribution in [0.25, 0.3) is 0 Å². The summed E-state index contributed by atoms with van der Waals surface area (Å²) >= 11 is 0. The van der Waals surface area contributed by atoms with E-state index in [0.29, 0.717) is 6.54 Å². The molecule has 1 heterocycles. The number of hydrogen-bond donors (Lipinski definition) is 2. The first-order valence-electron chi connectivity index (χ1n) is 5.19. The molecular weight excluding hydrogens is 192 g/mol. The Morgan fingerprint density at radius 2 is 2.33 bits per heavy atom. The summed E-state index contributed by atoms with van der Waals surface area (Å²) in [4.78, 5) is 14.8. The molecule has 0 aliphatic heterocycles. The van der Waals surface area contributed by atoms with Crippen LogP contribution in [0, 0.1) is 0 Å². The zero-order valence-electron chi connectivity index (χ0n) is 9.29. The van der Waals surface area contributed by atoms with Crippen LogP contribution in [0.15, 0.2) is 12.4 Å². The molecule has 15 heavy (non-hydrogen) atoms. The van der Waals surface area contributed by atoms with Crippen molar-refractivity contribution in [3.05, 3.63) is 18.2 Å². The first-order chi connectivity index (χ1) is 7.24. The molecule has 0 fully saturated rings. The van der Waals surface area contributed by atoms with Gasteiger partial charge < -0.3 is 15.2 Å². The number of carbonyl (C=O) groups excluding carboxylic acids is 1. The van der Waals surface area contributed by atoms with Crippen LogP contribution >= 0.6 is 0 Å². The Bertz CT molecular complexity index is 308. The Morgan fingerprint density at radius 3 is 3.00 bits per heavy atom. The second-order valence-electron chi connectivity index (χ2n) is 3.29. The Labute approximate surface area is 89.9 Å². The van der Waals surface area contributed by atoms with Crippen LogP contribution in [0.1, 0.15) is 19.7 Å². The van der Waals surface area contributed by atoms with E-state index in [1.165, 1.54) is 6.92 Å². The molecule has 0 bridgehead atoms. The van der Waals surface area contributed by atoms with E-state index in [1.54, 1.807) is 6.20 Å². The molecule has 2 N–H and O–H groups in total. The molecule has 0 aliphatic rings. The van der Waals surface area contributed by atoms with E-state index in [1.807, 2.05) is 6.20 Å². The Balaban J connectivity index is 2.17. The van der Waals surface area contributed by atoms with Crippen molar-refractivity contribution in [1.29, 1.82) is 0 Å². The summed E-state index contributed by atoms with van der Waals surface area (Å²) in [5.41, 5.74) is 0. The molecule has 0 aromatic carbocycles. The first kappa shape index (κ1) is 11.7. The van der Waals surface area contributed by atoms with Crippen molar-refractivity contribution in [2.45, 2.75) is 26.9 Å². The number of carbonyl (C=O) groups is 1. The van der Waals surface area contributed by atoms with Gasteiger partial charge in [0.2, 0.25) is 5.91 Å². The van der Waals surface area contributed by atoms with Gasteiger partial charge in [0.25, 0.3) is 0 Å². The molecule has 0 aliphatic carbocycles. The summed E-state index contributed by atoms with van der Waals surface area (Å²) in [5, 5.41) is 5.95. The largest absolute Gasteiger partial charge is 0.355 e. The zero-order valence-corrected chi connectivity index (χ0v) is 9.29. The summed E-state index contributed by atoms with van der Waals surface area (Å²) in [6.45, 7) is 6.69. The lowest BCUT2D eigenvalue weighted by Gasteiger charge is -2.06. The molecule has 0 unspecified atom stereocenters. The second-order valence-corrected chi connectivity index (χ2v) is 3.29. The average Bonchev–Trinajstić information content (AvgIpc) is 2.64. The maximum atomic E-state index is 10.6. The minimum absolute atomic E-state index is 0.00635. The topological polar surface area (TPSA) is 59.0 Å². The lowest BCUT2D eigenvalue weighted by molar-refractivity contribution is -0.118. The standard InChI is InChI=1S/C10H18N4O/c1-3-14-7-6-13-10(14)8-11-4-5-12-9(2)15/h6-7,11H,3-5,8H2,1-2H3,(H,12,15). The van der Waals surface area contributed by atoms with Crippen molar-refractivity contribution in [1.82, 2.24) is 20.2 Å². The van der Waals surface area contributed by atoms with Crippen molar-refractivity contribution >= 4 is 5.91 Å². The van der Waals surface area contributed by atoms with Crippen LogP contribution in [-0.4, -0.2) is 28.5 Å². The van der Waals surface area contributed by atoms with Gasteiger partial charge in [-0.3, -0.25) is 4.79 Å². The summed E-state index contributed by atoms with van der Waals surface area (Å²) in [7, 11) is 0. The van der Waals surface area contributed by atoms with Gasteiger partial charge in [0.15, 0.2) is 0 Å². The number of rotatable bonds is 6. The SMILES string of the molecule is CCn1ccnc1CNCCNC(C)=O. The molecule has 0 saturated heterocycles. The molecule has 0 saturated carbocycles. The molecular formula is C10H18N4O. The van der Waals surface area contributed by atoms with Gasteiger partial charge in [-0.05, 0) is 6.92 Å². The highest BCUT2D eigenvalue weighted by atomic mass is 16.1. The predicted molar refractivity (Wildman–Crippen MR) is 58.3 cm³/mol. The summed E-state index contributed by atoms with van der Waals surface area (Å²) in [6, 6.07) is 0. The van der Waals surface area contributed by atoms with Crippen molar-refractivity contribution in [3.63, 3.8) is 0 Å². The van der Waals surface area contributed by atoms with E-state index in [2.05, 4.69) is 27.1 Å². The van der Waals surface area contributed by atoms with Crippen molar-refractivity contribution in [3.8, 4) is 0 Å². The summed E-state index contributed by atoms with van der Waals surface area (Å²) in [6.07, 6.45) is 3.76. The quantitative estimate of drug-likeness (QED) is 0.656. The van der Waals surface area contributed by atoms with E-state index < -0.39 is 0 Å². The minimum Gasteiger partial charge on any atom is -0.355 e. The summed E-state index contributed by atoms with van der Waals surface area (Å²) < 4.78 is 2.09. The fourth-order valence-corrected chi connectivity index (χ4v) is 1.32. The van der Waals surface area contributed by atoms with Crippen molar-refractivity contribution < 1.29 is 4.79 Å². The Hall–Kier alpha value is -1.36. The van der Waals surface area contributed by atoms with E-state index in [0.717, 1.165) is 25.5 Å². The number of hydrogen-bond acceptors (Lipinski definition) is 3. The van der Waals surface area contributed by atoms with E-state index in [9.17, 15) is 4.79 Å². The van der Waals surface area contributed by atoms with Crippen LogP contribution in [-0.2, 0) is 17.9 Å². The number of aromatic nitrogens is 2. The van der Waals surface area contributed by atoms with Crippen LogP contribution in [0.5, 0.6) is 0 Å². The van der Waals surface area contributed by atoms with Gasteiger partial charge in [-0.15, -0.1) is 0 Å². The van der Waals surface area contributed by atoms with E-state index >= 15 is 0 Å². The molecule has 1 rings (SSSR count). The molecule has 0 spiro atoms. The van der Waals surface area contributed by atoms with Crippen LogP contribution in [0.4, 0.5) is 0 Å². The second kappa shape index (κ2) is 6.19. The van der Waals surface area contributed by atoms with E-state index in [4.69, 9.17) is 0 Å². The maximum Gasteiger partial charge on any atom is 0.216 e. The number of amides is 1. The highest BCUT2D eigenvalue weighted by Crippen LogP contribution is 1.95. The maximum absolute atomic E-state index is 10.6. The molecule has 1 amide bonds. The van der Waals surface area contributed by atoms with Gasteiger partial charge >= 0.3 is 0 Å². The third-order valence-electron chi connectivity index (χ3n) is 2.10. The number of aryl methyl sites for hydroxylation is 1. The van der Waals surface area contributed by atoms with Gasteiger partial charge in [0, 0.05) is 39.0 Å². The third-order valence-corrected chi connectivity index (χ3v) is 2.10. The predicted octanol–water partition coefficient (Wildman–Crippen LogP) is 0.129. The van der Waals surface area contributed by atoms with Gasteiger partial charge in [-0.2, -0.15) is 0 Å². The molecule has 1 aromatic heterocycles. The molecule has 5 nitrogen and oxygen atoms in total. The highest BCUT2D eigenvalue weighted by Gasteiger charge is 1.99. The zero-order chi connectivity index (χ0) is 11.1. The van der Waals surface area contributed by atoms with E-state index in [-0.39, 0.29) is 5.91 Å². The van der Waals surface area contributed by atoms with Crippen LogP contribution in [0.3, 0.4) is 0 Å². The van der Waals surface area contributed by atoms with Crippen molar-refractivity contribution in [2.24, 2.45) is 0 Å². The Kier molecular flexibility index (Phi) is 4.83. The minimum atomic E-state index is 0.00635. The smallest absolute Gasteiger partial charge is 0.216 e. The van der Waals surface area contributed by atoms with Crippen LogP contribution in [0.2, 0.25) is 0 Å². The van der Waals surface area contributed by atoms with Gasteiger partial charge in [-0.25, -0.2) is 4.98 Å². The first-order valence-corrected chi connectivity index (χ1v) is 5.19. The Morgan fingerprint density at radius 1 is 1.53 bits per heavy atom. The molecule has 0 atom stereocenters. The summed E-state index contributed by atoms with van der Waals surface area (Å²) in [5.74, 6) is 1.03. The van der Waals surface area contributed by atoms with Gasteiger partial charge in [0.05, 0.1) is 6.54 Å². The molecule has 5 heteroatoms. The molecule has 84 valence electrons. The number of imidazole rings is 1. The fraction of sp³-hybridized carbons (Fsp3) is 0.600. The molecule has 1 aromatic rings. The normalized spacial score (nSPS) is 10.3. The monoisotopic (exact) mass is 210 g/mol. The number of nitrogens with one attached hydrogen (secondary N) is 2. The van der Waals surface area contributed by atoms with Gasteiger partial charge in [-0.1, -0.05) is 0 Å². The third kappa shape index (κ3) is 4.12. The van der Waals surface area contributed by atoms with Crippen LogP contribution < -0.4 is 10.6 Å². The fourth-order valence-electron chi connectivity index (χ4n) is 1.32. The number of nitrogens with zero attached hydrogens (tertiary/aromatic N) is 2. The highest BCUT2D eigenvalue weighted by molar-refractivity contribution is 5.72. The lowest BCUT2D eigenvalue weighted by atomic mass is 10.5. The molecule has 0 radical (unpaired) electrons. The van der Waals surface area contributed by atoms with Crippen molar-refractivity contribution in [2.75, 3.05) is 13.1 Å². The lowest BCUT2D eigenvalue weighted by Crippen LogP contribution is -2.30. The van der Waals surface area contributed by atoms with Gasteiger partial charge in [0.1, 0.15) is 5.82 Å². The average molecular weight is 210 g/mol.